The van der Waals surface area contributed by atoms with Crippen LogP contribution in [0, 0.1) is 0 Å². The molecule has 2 aromatic rings. The van der Waals surface area contributed by atoms with Crippen LogP contribution in [-0.2, 0) is 4.79 Å². The normalized spacial score (nSPS) is 25.0. The van der Waals surface area contributed by atoms with Crippen molar-refractivity contribution in [3.63, 3.8) is 0 Å². The molecule has 0 unspecified atom stereocenters. The molecule has 1 aromatic carbocycles. The van der Waals surface area contributed by atoms with Gasteiger partial charge in [0.25, 0.3) is 0 Å². The van der Waals surface area contributed by atoms with E-state index in [-0.39, 0.29) is 18.1 Å². The van der Waals surface area contributed by atoms with Crippen molar-refractivity contribution in [2.45, 2.75) is 50.8 Å². The van der Waals surface area contributed by atoms with Crippen molar-refractivity contribution in [2.75, 3.05) is 13.6 Å². The number of carbonyl (C=O) groups is 1. The van der Waals surface area contributed by atoms with Crippen LogP contribution in [0.25, 0.3) is 11.3 Å². The molecule has 2 atom stereocenters. The molecule has 2 fully saturated rings. The summed E-state index contributed by atoms with van der Waals surface area (Å²) in [7, 11) is 1.87. The van der Waals surface area contributed by atoms with Gasteiger partial charge in [-0.1, -0.05) is 0 Å². The van der Waals surface area contributed by atoms with Gasteiger partial charge in [0.05, 0.1) is 17.8 Å². The zero-order chi connectivity index (χ0) is 19.0. The van der Waals surface area contributed by atoms with Gasteiger partial charge in [0.1, 0.15) is 17.1 Å². The number of nitrogens with one attached hydrogen (secondary N) is 1. The topological polar surface area (TPSA) is 67.3 Å². The minimum absolute atomic E-state index is 0.0175. The van der Waals surface area contributed by atoms with Crippen molar-refractivity contribution in [2.24, 2.45) is 0 Å². The SMILES string of the molecule is CC(C)Oc1ccc(-c2ccnc([C@@H]3CC[C@]4(CCN(C)C4=O)N3)n2)cc1. The van der Waals surface area contributed by atoms with E-state index in [0.29, 0.717) is 0 Å². The third-order valence-electron chi connectivity index (χ3n) is 5.45. The minimum atomic E-state index is -0.422. The maximum atomic E-state index is 12.5. The maximum absolute atomic E-state index is 12.5. The lowest BCUT2D eigenvalue weighted by molar-refractivity contribution is -0.131. The molecular weight excluding hydrogens is 340 g/mol. The van der Waals surface area contributed by atoms with E-state index in [2.05, 4.69) is 10.3 Å². The molecule has 1 amide bonds. The Labute approximate surface area is 160 Å². The third-order valence-corrected chi connectivity index (χ3v) is 5.45. The van der Waals surface area contributed by atoms with Crippen molar-refractivity contribution in [1.29, 1.82) is 0 Å². The molecule has 0 aliphatic carbocycles. The zero-order valence-corrected chi connectivity index (χ0v) is 16.1. The number of benzene rings is 1. The third kappa shape index (κ3) is 3.41. The van der Waals surface area contributed by atoms with Gasteiger partial charge in [-0.3, -0.25) is 10.1 Å². The first-order valence-electron chi connectivity index (χ1n) is 9.60. The van der Waals surface area contributed by atoms with E-state index in [9.17, 15) is 4.79 Å². The molecule has 0 saturated carbocycles. The molecule has 2 aliphatic rings. The molecule has 6 heteroatoms. The quantitative estimate of drug-likeness (QED) is 0.901. The van der Waals surface area contributed by atoms with Gasteiger partial charge in [-0.25, -0.2) is 9.97 Å². The molecule has 3 heterocycles. The van der Waals surface area contributed by atoms with Crippen LogP contribution in [0.1, 0.15) is 45.0 Å². The van der Waals surface area contributed by atoms with Gasteiger partial charge in [-0.05, 0) is 63.4 Å². The fourth-order valence-electron chi connectivity index (χ4n) is 4.04. The van der Waals surface area contributed by atoms with Gasteiger partial charge in [0.2, 0.25) is 5.91 Å². The Balaban J connectivity index is 1.52. The van der Waals surface area contributed by atoms with Crippen molar-refractivity contribution in [1.82, 2.24) is 20.2 Å². The van der Waals surface area contributed by atoms with Crippen molar-refractivity contribution in [3.05, 3.63) is 42.4 Å². The summed E-state index contributed by atoms with van der Waals surface area (Å²) in [5.41, 5.74) is 1.49. The van der Waals surface area contributed by atoms with Gasteiger partial charge in [0, 0.05) is 25.4 Å². The predicted octanol–water partition coefficient (Wildman–Crippen LogP) is 2.96. The summed E-state index contributed by atoms with van der Waals surface area (Å²) in [4.78, 5) is 23.6. The second kappa shape index (κ2) is 6.93. The molecular formula is C21H26N4O2. The van der Waals surface area contributed by atoms with E-state index in [0.717, 1.165) is 48.6 Å². The molecule has 142 valence electrons. The molecule has 1 aromatic heterocycles. The molecule has 4 rings (SSSR count). The first-order chi connectivity index (χ1) is 13.0. The van der Waals surface area contributed by atoms with E-state index in [1.165, 1.54) is 0 Å². The molecule has 2 aliphatic heterocycles. The average Bonchev–Trinajstić information content (AvgIpc) is 3.22. The summed E-state index contributed by atoms with van der Waals surface area (Å²) in [5, 5.41) is 3.54. The second-order valence-electron chi connectivity index (χ2n) is 7.79. The molecule has 0 radical (unpaired) electrons. The second-order valence-corrected chi connectivity index (χ2v) is 7.79. The van der Waals surface area contributed by atoms with Crippen LogP contribution in [0.3, 0.4) is 0 Å². The summed E-state index contributed by atoms with van der Waals surface area (Å²) in [6.45, 7) is 4.84. The molecule has 2 saturated heterocycles. The van der Waals surface area contributed by atoms with Crippen molar-refractivity contribution < 1.29 is 9.53 Å². The first kappa shape index (κ1) is 17.9. The Morgan fingerprint density at radius 3 is 2.67 bits per heavy atom. The van der Waals surface area contributed by atoms with Crippen LogP contribution in [0.4, 0.5) is 0 Å². The number of nitrogens with zero attached hydrogens (tertiary/aromatic N) is 3. The van der Waals surface area contributed by atoms with E-state index in [1.807, 2.05) is 56.1 Å². The number of ether oxygens (including phenoxy) is 1. The Bertz CT molecular complexity index is 836. The van der Waals surface area contributed by atoms with Crippen LogP contribution in [-0.4, -0.2) is 46.0 Å². The fourth-order valence-corrected chi connectivity index (χ4v) is 4.04. The number of carbonyl (C=O) groups excluding carboxylic acids is 1. The molecule has 6 nitrogen and oxygen atoms in total. The fraction of sp³-hybridized carbons (Fsp3) is 0.476. The van der Waals surface area contributed by atoms with E-state index < -0.39 is 5.54 Å². The zero-order valence-electron chi connectivity index (χ0n) is 16.1. The Hall–Kier alpha value is -2.47. The average molecular weight is 366 g/mol. The standard InChI is InChI=1S/C21H26N4O2/c1-14(2)27-16-6-4-15(5-7-16)17-9-12-22-19(23-17)18-8-10-21(24-18)11-13-25(3)20(21)26/h4-7,9,12,14,18,24H,8,10-11,13H2,1-3H3/t18-,21+/m0/s1. The summed E-state index contributed by atoms with van der Waals surface area (Å²) in [6.07, 6.45) is 4.53. The monoisotopic (exact) mass is 366 g/mol. The predicted molar refractivity (Wildman–Crippen MR) is 103 cm³/mol. The largest absolute Gasteiger partial charge is 0.491 e. The van der Waals surface area contributed by atoms with Crippen LogP contribution >= 0.6 is 0 Å². The highest BCUT2D eigenvalue weighted by Crippen LogP contribution is 2.38. The number of rotatable bonds is 4. The van der Waals surface area contributed by atoms with Gasteiger partial charge >= 0.3 is 0 Å². The lowest BCUT2D eigenvalue weighted by Gasteiger charge is -2.23. The van der Waals surface area contributed by atoms with Gasteiger partial charge in [-0.15, -0.1) is 0 Å². The van der Waals surface area contributed by atoms with Gasteiger partial charge < -0.3 is 9.64 Å². The minimum Gasteiger partial charge on any atom is -0.491 e. The van der Waals surface area contributed by atoms with Crippen LogP contribution in [0.5, 0.6) is 5.75 Å². The number of hydrogen-bond donors (Lipinski definition) is 1. The van der Waals surface area contributed by atoms with Gasteiger partial charge in [-0.2, -0.15) is 0 Å². The molecule has 1 N–H and O–H groups in total. The summed E-state index contributed by atoms with van der Waals surface area (Å²) >= 11 is 0. The summed E-state index contributed by atoms with van der Waals surface area (Å²) in [6, 6.07) is 9.90. The van der Waals surface area contributed by atoms with E-state index in [4.69, 9.17) is 9.72 Å². The van der Waals surface area contributed by atoms with Crippen LogP contribution < -0.4 is 10.1 Å². The number of hydrogen-bond acceptors (Lipinski definition) is 5. The number of likely N-dealkylation sites (tertiary alicyclic amines) is 1. The van der Waals surface area contributed by atoms with Crippen LogP contribution in [0.15, 0.2) is 36.5 Å². The first-order valence-corrected chi connectivity index (χ1v) is 9.60. The lowest BCUT2D eigenvalue weighted by Crippen LogP contribution is -2.47. The number of amides is 1. The Morgan fingerprint density at radius 2 is 2.00 bits per heavy atom. The summed E-state index contributed by atoms with van der Waals surface area (Å²) in [5.74, 6) is 1.81. The smallest absolute Gasteiger partial charge is 0.242 e. The van der Waals surface area contributed by atoms with Crippen molar-refractivity contribution >= 4 is 5.91 Å². The highest BCUT2D eigenvalue weighted by molar-refractivity contribution is 5.88. The Kier molecular flexibility index (Phi) is 4.60. The Morgan fingerprint density at radius 1 is 1.22 bits per heavy atom. The van der Waals surface area contributed by atoms with Crippen molar-refractivity contribution in [3.8, 4) is 17.0 Å². The highest BCUT2D eigenvalue weighted by Gasteiger charge is 2.50. The molecule has 1 spiro atoms. The summed E-state index contributed by atoms with van der Waals surface area (Å²) < 4.78 is 5.70. The van der Waals surface area contributed by atoms with Gasteiger partial charge in [0.15, 0.2) is 0 Å². The number of likely N-dealkylation sites (N-methyl/N-ethyl adjacent to an activating group) is 1. The van der Waals surface area contributed by atoms with Crippen LogP contribution in [0.2, 0.25) is 0 Å². The highest BCUT2D eigenvalue weighted by atomic mass is 16.5. The maximum Gasteiger partial charge on any atom is 0.242 e. The van der Waals surface area contributed by atoms with E-state index in [1.54, 1.807) is 6.20 Å². The molecule has 0 bridgehead atoms. The van der Waals surface area contributed by atoms with E-state index >= 15 is 0 Å². The number of aromatic nitrogens is 2. The lowest BCUT2D eigenvalue weighted by atomic mass is 9.96. The molecule has 27 heavy (non-hydrogen) atoms.